The van der Waals surface area contributed by atoms with Gasteiger partial charge in [0.05, 0.1) is 6.04 Å². The van der Waals surface area contributed by atoms with Crippen molar-refractivity contribution in [3.05, 3.63) is 102 Å². The SMILES string of the molecule is O=C(NC(Cc1ccccc1)c1ccccc1)C1CCN(C(=O)COc2ccccc2)CC1. The number of para-hydroxylation sites is 1. The molecule has 5 heteroatoms. The third-order valence-corrected chi connectivity index (χ3v) is 6.13. The molecule has 1 N–H and O–H groups in total. The fourth-order valence-electron chi connectivity index (χ4n) is 4.22. The number of piperidine rings is 1. The van der Waals surface area contributed by atoms with E-state index < -0.39 is 0 Å². The van der Waals surface area contributed by atoms with Crippen molar-refractivity contribution in [3.8, 4) is 5.75 Å². The first-order valence-electron chi connectivity index (χ1n) is 11.5. The number of nitrogens with one attached hydrogen (secondary N) is 1. The number of carbonyl (C=O) groups is 2. The molecule has 0 aliphatic carbocycles. The van der Waals surface area contributed by atoms with E-state index in [1.807, 2.05) is 66.7 Å². The molecule has 0 radical (unpaired) electrons. The highest BCUT2D eigenvalue weighted by Crippen LogP contribution is 2.23. The highest BCUT2D eigenvalue weighted by Gasteiger charge is 2.29. The molecule has 3 aromatic rings. The Morgan fingerprint density at radius 1 is 0.848 bits per heavy atom. The first-order valence-corrected chi connectivity index (χ1v) is 11.5. The lowest BCUT2D eigenvalue weighted by atomic mass is 9.93. The Balaban J connectivity index is 1.30. The highest BCUT2D eigenvalue weighted by atomic mass is 16.5. The normalized spacial score (nSPS) is 15.0. The van der Waals surface area contributed by atoms with E-state index in [2.05, 4.69) is 29.6 Å². The molecule has 0 saturated carbocycles. The average molecular weight is 443 g/mol. The van der Waals surface area contributed by atoms with Crippen LogP contribution in [-0.2, 0) is 16.0 Å². The molecule has 1 saturated heterocycles. The Morgan fingerprint density at radius 3 is 2.06 bits per heavy atom. The monoisotopic (exact) mass is 442 g/mol. The summed E-state index contributed by atoms with van der Waals surface area (Å²) in [6, 6.07) is 29.6. The van der Waals surface area contributed by atoms with Crippen molar-refractivity contribution in [2.75, 3.05) is 19.7 Å². The van der Waals surface area contributed by atoms with Crippen LogP contribution in [0.1, 0.15) is 30.0 Å². The summed E-state index contributed by atoms with van der Waals surface area (Å²) in [7, 11) is 0. The van der Waals surface area contributed by atoms with E-state index >= 15 is 0 Å². The van der Waals surface area contributed by atoms with Gasteiger partial charge in [-0.3, -0.25) is 9.59 Å². The molecule has 2 amide bonds. The minimum Gasteiger partial charge on any atom is -0.484 e. The van der Waals surface area contributed by atoms with Gasteiger partial charge in [-0.1, -0.05) is 78.9 Å². The van der Waals surface area contributed by atoms with Gasteiger partial charge in [0.15, 0.2) is 6.61 Å². The Morgan fingerprint density at radius 2 is 1.42 bits per heavy atom. The van der Waals surface area contributed by atoms with E-state index in [9.17, 15) is 9.59 Å². The Labute approximate surface area is 195 Å². The highest BCUT2D eigenvalue weighted by molar-refractivity contribution is 5.81. The van der Waals surface area contributed by atoms with E-state index in [4.69, 9.17) is 4.74 Å². The maximum absolute atomic E-state index is 13.1. The van der Waals surface area contributed by atoms with Crippen LogP contribution in [0.15, 0.2) is 91.0 Å². The molecule has 1 aliphatic rings. The second kappa shape index (κ2) is 11.3. The fourth-order valence-corrected chi connectivity index (χ4v) is 4.22. The number of carbonyl (C=O) groups excluding carboxylic acids is 2. The molecule has 1 heterocycles. The van der Waals surface area contributed by atoms with Gasteiger partial charge in [-0.15, -0.1) is 0 Å². The summed E-state index contributed by atoms with van der Waals surface area (Å²) in [5.41, 5.74) is 2.28. The average Bonchev–Trinajstić information content (AvgIpc) is 2.88. The van der Waals surface area contributed by atoms with Gasteiger partial charge in [-0.25, -0.2) is 0 Å². The number of hydrogen-bond donors (Lipinski definition) is 1. The maximum atomic E-state index is 13.1. The number of rotatable bonds is 8. The second-order valence-electron chi connectivity index (χ2n) is 8.42. The van der Waals surface area contributed by atoms with Crippen molar-refractivity contribution in [2.45, 2.75) is 25.3 Å². The van der Waals surface area contributed by atoms with Gasteiger partial charge in [0.2, 0.25) is 5.91 Å². The lowest BCUT2D eigenvalue weighted by molar-refractivity contribution is -0.137. The molecule has 4 rings (SSSR count). The second-order valence-corrected chi connectivity index (χ2v) is 8.42. The van der Waals surface area contributed by atoms with Gasteiger partial charge >= 0.3 is 0 Å². The number of ether oxygens (including phenoxy) is 1. The minimum atomic E-state index is -0.0916. The lowest BCUT2D eigenvalue weighted by Gasteiger charge is -2.32. The van der Waals surface area contributed by atoms with Crippen LogP contribution in [0.4, 0.5) is 0 Å². The number of nitrogens with zero attached hydrogens (tertiary/aromatic N) is 1. The van der Waals surface area contributed by atoms with E-state index in [1.54, 1.807) is 4.90 Å². The molecule has 1 fully saturated rings. The molecule has 1 atom stereocenters. The van der Waals surface area contributed by atoms with Crippen molar-refractivity contribution in [3.63, 3.8) is 0 Å². The first kappa shape index (κ1) is 22.6. The van der Waals surface area contributed by atoms with Crippen LogP contribution in [-0.4, -0.2) is 36.4 Å². The van der Waals surface area contributed by atoms with E-state index in [0.29, 0.717) is 31.7 Å². The summed E-state index contributed by atoms with van der Waals surface area (Å²) in [5, 5.41) is 3.28. The van der Waals surface area contributed by atoms with Gasteiger partial charge in [-0.2, -0.15) is 0 Å². The van der Waals surface area contributed by atoms with Crippen LogP contribution in [0.5, 0.6) is 5.75 Å². The molecule has 3 aromatic carbocycles. The van der Waals surface area contributed by atoms with E-state index in [0.717, 1.165) is 12.0 Å². The Hall–Kier alpha value is -3.60. The summed E-state index contributed by atoms with van der Waals surface area (Å²) < 4.78 is 5.58. The van der Waals surface area contributed by atoms with Gasteiger partial charge < -0.3 is 15.0 Å². The fraction of sp³-hybridized carbons (Fsp3) is 0.286. The van der Waals surface area contributed by atoms with Crippen molar-refractivity contribution in [2.24, 2.45) is 5.92 Å². The topological polar surface area (TPSA) is 58.6 Å². The Kier molecular flexibility index (Phi) is 7.75. The maximum Gasteiger partial charge on any atom is 0.260 e. The zero-order chi connectivity index (χ0) is 22.9. The summed E-state index contributed by atoms with van der Waals surface area (Å²) in [6.07, 6.45) is 2.07. The standard InChI is InChI=1S/C28H30N2O3/c31-27(21-33-25-14-8-3-9-15-25)30-18-16-24(17-19-30)28(32)29-26(23-12-6-2-7-13-23)20-22-10-4-1-5-11-22/h1-15,24,26H,16-21H2,(H,29,32). The summed E-state index contributed by atoms with van der Waals surface area (Å²) >= 11 is 0. The predicted octanol–water partition coefficient (Wildman–Crippen LogP) is 4.40. The zero-order valence-electron chi connectivity index (χ0n) is 18.7. The molecule has 1 unspecified atom stereocenters. The number of benzene rings is 3. The molecule has 33 heavy (non-hydrogen) atoms. The summed E-state index contributed by atoms with van der Waals surface area (Å²) in [6.45, 7) is 1.17. The van der Waals surface area contributed by atoms with Crippen molar-refractivity contribution < 1.29 is 14.3 Å². The number of hydrogen-bond acceptors (Lipinski definition) is 3. The van der Waals surface area contributed by atoms with Crippen LogP contribution in [0, 0.1) is 5.92 Å². The molecule has 0 spiro atoms. The lowest BCUT2D eigenvalue weighted by Crippen LogP contribution is -2.45. The predicted molar refractivity (Wildman–Crippen MR) is 129 cm³/mol. The van der Waals surface area contributed by atoms with Crippen LogP contribution < -0.4 is 10.1 Å². The summed E-state index contributed by atoms with van der Waals surface area (Å²) in [4.78, 5) is 27.4. The van der Waals surface area contributed by atoms with Crippen LogP contribution in [0.2, 0.25) is 0 Å². The summed E-state index contributed by atoms with van der Waals surface area (Å²) in [5.74, 6) is 0.618. The van der Waals surface area contributed by atoms with Crippen molar-refractivity contribution in [1.82, 2.24) is 10.2 Å². The largest absolute Gasteiger partial charge is 0.484 e. The van der Waals surface area contributed by atoms with Gasteiger partial charge in [0.25, 0.3) is 5.91 Å². The van der Waals surface area contributed by atoms with Crippen LogP contribution in [0.25, 0.3) is 0 Å². The molecular formula is C28H30N2O3. The van der Waals surface area contributed by atoms with E-state index in [-0.39, 0.29) is 30.4 Å². The first-order chi connectivity index (χ1) is 16.2. The molecule has 1 aliphatic heterocycles. The minimum absolute atomic E-state index is 0.0219. The molecule has 0 bridgehead atoms. The van der Waals surface area contributed by atoms with E-state index in [1.165, 1.54) is 5.56 Å². The number of likely N-dealkylation sites (tertiary alicyclic amines) is 1. The quantitative estimate of drug-likeness (QED) is 0.562. The molecule has 170 valence electrons. The van der Waals surface area contributed by atoms with Crippen molar-refractivity contribution >= 4 is 11.8 Å². The van der Waals surface area contributed by atoms with Gasteiger partial charge in [0.1, 0.15) is 5.75 Å². The third-order valence-electron chi connectivity index (χ3n) is 6.13. The van der Waals surface area contributed by atoms with Crippen molar-refractivity contribution in [1.29, 1.82) is 0 Å². The molecule has 5 nitrogen and oxygen atoms in total. The Bertz CT molecular complexity index is 1020. The zero-order valence-corrected chi connectivity index (χ0v) is 18.7. The van der Waals surface area contributed by atoms with Crippen LogP contribution in [0.3, 0.4) is 0 Å². The molecular weight excluding hydrogens is 412 g/mol. The third kappa shape index (κ3) is 6.45. The smallest absolute Gasteiger partial charge is 0.260 e. The van der Waals surface area contributed by atoms with Gasteiger partial charge in [0, 0.05) is 19.0 Å². The van der Waals surface area contributed by atoms with Crippen LogP contribution >= 0.6 is 0 Å². The number of amides is 2. The van der Waals surface area contributed by atoms with Gasteiger partial charge in [-0.05, 0) is 42.5 Å². The molecule has 0 aromatic heterocycles.